The fourth-order valence-corrected chi connectivity index (χ4v) is 15.9. The van der Waals surface area contributed by atoms with Crippen LogP contribution in [0.4, 0.5) is 0 Å². The first-order valence-corrected chi connectivity index (χ1v) is 38.9. The van der Waals surface area contributed by atoms with Crippen molar-refractivity contribution in [3.05, 3.63) is 419 Å². The van der Waals surface area contributed by atoms with Gasteiger partial charge in [0.25, 0.3) is 0 Å². The smallest absolute Gasteiger partial charge is 0.165 e. The van der Waals surface area contributed by atoms with Crippen LogP contribution in [0.15, 0.2) is 419 Å². The number of rotatable bonds is 11. The Bertz CT molecular complexity index is 7300. The topological polar surface area (TPSA) is 116 Å². The third-order valence-electron chi connectivity index (χ3n) is 21.5. The molecule has 0 aliphatic rings. The molecule has 0 unspecified atom stereocenters. The zero-order valence-corrected chi connectivity index (χ0v) is 62.9. The Morgan fingerprint density at radius 1 is 0.112 bits per heavy atom. The third kappa shape index (κ3) is 13.7. The lowest BCUT2D eigenvalue weighted by Crippen LogP contribution is -2.02. The Balaban J connectivity index is 0.000000113. The SMILES string of the molecule is c1ccc(-c2nc(-c3ccc4c(ccc5ccccc54)c3)nc(-c3c(-c4ccccc4)cccc3-c3ccccc3)n2)cc1.c1ccc(-c2nc(-c3ccc4ccccc4c3)nc(-c3c4ccccc4cc4ccccc34)n2)cc1.c1ccc(-c2nc(-c3cccc4ccccc34)nc(-c3cc4ccccc4c4ccccc34)n2)cc1. The summed E-state index contributed by atoms with van der Waals surface area (Å²) in [7, 11) is 0. The second kappa shape index (κ2) is 30.9. The number of hydrogen-bond acceptors (Lipinski definition) is 9. The Morgan fingerprint density at radius 2 is 0.405 bits per heavy atom. The van der Waals surface area contributed by atoms with Gasteiger partial charge in [0.15, 0.2) is 52.4 Å². The molecule has 0 bridgehead atoms. The van der Waals surface area contributed by atoms with Crippen molar-refractivity contribution in [3.63, 3.8) is 0 Å². The van der Waals surface area contributed by atoms with Crippen molar-refractivity contribution in [2.24, 2.45) is 0 Å². The van der Waals surface area contributed by atoms with Crippen LogP contribution in [0, 0.1) is 0 Å². The molecule has 0 amide bonds. The maximum Gasteiger partial charge on any atom is 0.165 e. The Hall–Kier alpha value is -15.7. The average molecular weight is 1480 g/mol. The van der Waals surface area contributed by atoms with E-state index in [1.807, 2.05) is 91.0 Å². The number of benzene rings is 19. The summed E-state index contributed by atoms with van der Waals surface area (Å²) in [5, 5.41) is 18.8. The van der Waals surface area contributed by atoms with E-state index in [1.54, 1.807) is 0 Å². The maximum absolute atomic E-state index is 5.22. The largest absolute Gasteiger partial charge is 0.208 e. The van der Waals surface area contributed by atoms with Crippen molar-refractivity contribution < 1.29 is 0 Å². The van der Waals surface area contributed by atoms with Crippen LogP contribution >= 0.6 is 0 Å². The van der Waals surface area contributed by atoms with Crippen LogP contribution in [0.2, 0.25) is 0 Å². The molecule has 3 heterocycles. The summed E-state index contributed by atoms with van der Waals surface area (Å²) < 4.78 is 0. The molecule has 19 aromatic carbocycles. The molecule has 0 radical (unpaired) electrons. The first-order chi connectivity index (χ1) is 57.5. The molecular formula is C107H69N9. The van der Waals surface area contributed by atoms with E-state index in [-0.39, 0.29) is 0 Å². The molecule has 3 aromatic heterocycles. The molecule has 0 saturated heterocycles. The van der Waals surface area contributed by atoms with Gasteiger partial charge in [0.1, 0.15) is 0 Å². The highest BCUT2D eigenvalue weighted by molar-refractivity contribution is 6.15. The van der Waals surface area contributed by atoms with Gasteiger partial charge in [-0.15, -0.1) is 0 Å². The van der Waals surface area contributed by atoms with Gasteiger partial charge in [-0.1, -0.05) is 394 Å². The average Bonchev–Trinajstić information content (AvgIpc) is 0.760. The van der Waals surface area contributed by atoms with E-state index in [9.17, 15) is 0 Å². The molecule has 0 aliphatic heterocycles. The first-order valence-electron chi connectivity index (χ1n) is 38.9. The van der Waals surface area contributed by atoms with Crippen molar-refractivity contribution in [2.75, 3.05) is 0 Å². The van der Waals surface area contributed by atoms with E-state index >= 15 is 0 Å². The second-order valence-electron chi connectivity index (χ2n) is 28.7. The molecule has 542 valence electrons. The van der Waals surface area contributed by atoms with E-state index in [4.69, 9.17) is 44.9 Å². The molecule has 0 aliphatic carbocycles. The number of fused-ring (bicyclic) bond motifs is 10. The molecule has 9 heteroatoms. The van der Waals surface area contributed by atoms with Gasteiger partial charge in [-0.3, -0.25) is 0 Å². The van der Waals surface area contributed by atoms with E-state index in [0.29, 0.717) is 52.4 Å². The van der Waals surface area contributed by atoms with Crippen LogP contribution < -0.4 is 0 Å². The summed E-state index contributed by atoms with van der Waals surface area (Å²) in [6.45, 7) is 0. The Morgan fingerprint density at radius 3 is 0.940 bits per heavy atom. The van der Waals surface area contributed by atoms with Crippen molar-refractivity contribution in [1.82, 2.24) is 44.9 Å². The normalized spacial score (nSPS) is 11.3. The van der Waals surface area contributed by atoms with Crippen LogP contribution in [0.25, 0.3) is 211 Å². The van der Waals surface area contributed by atoms with Gasteiger partial charge in [-0.25, -0.2) is 44.9 Å². The van der Waals surface area contributed by atoms with Crippen LogP contribution in [0.1, 0.15) is 0 Å². The minimum Gasteiger partial charge on any atom is -0.208 e. The highest BCUT2D eigenvalue weighted by Crippen LogP contribution is 2.43. The van der Waals surface area contributed by atoms with Crippen molar-refractivity contribution in [3.8, 4) is 125 Å². The fraction of sp³-hybridized carbons (Fsp3) is 0. The van der Waals surface area contributed by atoms with Gasteiger partial charge in [-0.05, 0) is 133 Å². The van der Waals surface area contributed by atoms with Gasteiger partial charge in [-0.2, -0.15) is 0 Å². The molecule has 0 spiro atoms. The number of nitrogens with zero attached hydrogens (tertiary/aromatic N) is 9. The molecule has 0 N–H and O–H groups in total. The lowest BCUT2D eigenvalue weighted by atomic mass is 9.91. The molecule has 0 atom stereocenters. The van der Waals surface area contributed by atoms with Crippen molar-refractivity contribution in [1.29, 1.82) is 0 Å². The summed E-state index contributed by atoms with van der Waals surface area (Å²) in [4.78, 5) is 45.6. The van der Waals surface area contributed by atoms with Crippen molar-refractivity contribution in [2.45, 2.75) is 0 Å². The zero-order chi connectivity index (χ0) is 77.1. The standard InChI is InChI=1S/C41H27N3.2C33H21N3/c1-4-13-28(14-5-1)36-21-12-22-37(29-15-6-2-7-16-29)38(36)41-43-39(31-18-8-3-9-19-31)42-40(44-41)33-25-26-35-32(27-33)24-23-30-17-10-11-20-34(30)35;1-2-12-23(13-3-1)31-34-32(29-20-10-15-22-11-4-6-16-25(22)29)36-33(35-31)30-21-24-14-5-7-17-26(24)27-18-8-9-19-28(27)30;1-2-11-23(12-3-1)31-34-32(27-19-18-22-10-4-5-13-24(22)20-27)36-33(35-31)30-28-16-8-6-14-25(28)21-26-15-7-9-17-29(26)30/h1-27H;2*1-21H. The van der Waals surface area contributed by atoms with Crippen LogP contribution in [-0.4, -0.2) is 44.9 Å². The number of hydrogen-bond donors (Lipinski definition) is 0. The lowest BCUT2D eigenvalue weighted by molar-refractivity contribution is 1.08. The van der Waals surface area contributed by atoms with E-state index in [2.05, 4.69) is 328 Å². The lowest BCUT2D eigenvalue weighted by Gasteiger charge is -2.16. The fourth-order valence-electron chi connectivity index (χ4n) is 15.9. The highest BCUT2D eigenvalue weighted by atomic mass is 15.1. The summed E-state index contributed by atoms with van der Waals surface area (Å²) >= 11 is 0. The first kappa shape index (κ1) is 69.5. The quantitative estimate of drug-likeness (QED) is 0.0922. The van der Waals surface area contributed by atoms with Gasteiger partial charge >= 0.3 is 0 Å². The predicted octanol–water partition coefficient (Wildman–Crippen LogP) is 27.2. The van der Waals surface area contributed by atoms with E-state index < -0.39 is 0 Å². The van der Waals surface area contributed by atoms with E-state index in [1.165, 1.54) is 48.5 Å². The van der Waals surface area contributed by atoms with Gasteiger partial charge in [0.05, 0.1) is 0 Å². The zero-order valence-electron chi connectivity index (χ0n) is 62.9. The molecule has 0 saturated carbocycles. The Labute approximate surface area is 670 Å². The molecular weight excluding hydrogens is 1410 g/mol. The summed E-state index contributed by atoms with van der Waals surface area (Å²) in [5.74, 6) is 5.97. The van der Waals surface area contributed by atoms with Crippen LogP contribution in [-0.2, 0) is 0 Å². The number of aromatic nitrogens is 9. The highest BCUT2D eigenvalue weighted by Gasteiger charge is 2.23. The van der Waals surface area contributed by atoms with Gasteiger partial charge in [0, 0.05) is 50.1 Å². The molecule has 116 heavy (non-hydrogen) atoms. The summed E-state index contributed by atoms with van der Waals surface area (Å²) in [6.07, 6.45) is 0. The van der Waals surface area contributed by atoms with Gasteiger partial charge in [0.2, 0.25) is 0 Å². The van der Waals surface area contributed by atoms with Crippen LogP contribution in [0.5, 0.6) is 0 Å². The molecule has 22 aromatic rings. The third-order valence-corrected chi connectivity index (χ3v) is 21.5. The summed E-state index contributed by atoms with van der Waals surface area (Å²) in [6, 6.07) is 145. The minimum atomic E-state index is 0.644. The van der Waals surface area contributed by atoms with Gasteiger partial charge < -0.3 is 0 Å². The second-order valence-corrected chi connectivity index (χ2v) is 28.7. The predicted molar refractivity (Wildman–Crippen MR) is 479 cm³/mol. The minimum absolute atomic E-state index is 0.644. The van der Waals surface area contributed by atoms with E-state index in [0.717, 1.165) is 110 Å². The van der Waals surface area contributed by atoms with Crippen molar-refractivity contribution >= 4 is 86.2 Å². The Kier molecular flexibility index (Phi) is 18.5. The molecule has 9 nitrogen and oxygen atoms in total. The molecule has 0 fully saturated rings. The molecule has 22 rings (SSSR count). The van der Waals surface area contributed by atoms with Crippen LogP contribution in [0.3, 0.4) is 0 Å². The summed E-state index contributed by atoms with van der Waals surface area (Å²) in [5.41, 5.74) is 13.2. The monoisotopic (exact) mass is 1480 g/mol. The maximum atomic E-state index is 5.22.